The third kappa shape index (κ3) is 12.6. The molecule has 1 aromatic heterocycles. The highest BCUT2D eigenvalue weighted by Crippen LogP contribution is 2.45. The molecule has 2 fully saturated rings. The normalized spacial score (nSPS) is 18.2. The number of benzene rings is 1. The van der Waals surface area contributed by atoms with E-state index < -0.39 is 46.7 Å². The molecule has 2 heterocycles. The summed E-state index contributed by atoms with van der Waals surface area (Å²) < 4.78 is 23.1. The minimum absolute atomic E-state index is 0.0470. The summed E-state index contributed by atoms with van der Waals surface area (Å²) in [4.78, 5) is 47.3. The Bertz CT molecular complexity index is 1570. The van der Waals surface area contributed by atoms with Gasteiger partial charge in [0.1, 0.15) is 29.9 Å². The maximum atomic E-state index is 13.9. The Morgan fingerprint density at radius 3 is 2.33 bits per heavy atom. The van der Waals surface area contributed by atoms with E-state index in [1.165, 1.54) is 16.2 Å². The standard InChI is InChI=1S/C39H56ClN5O8S/c1-27-33(54-26-43-27)28-9-10-29(32(21-28)53-20-19-52-18-17-51-16-15-50-14-8-6-5-7-13-40)23-42-35(47)31-22-30(46)24-45(31)36(48)34(38(2,3)4)44-37(49)39(25-41)11-12-39/h9-10,21,26,30-31,34,46H,5-8,11-20,22-24H2,1-4H3,(H,42,47)(H,44,49)/t30-,31+,34-/m1/s1. The van der Waals surface area contributed by atoms with E-state index in [0.29, 0.717) is 57.5 Å². The average molecular weight is 790 g/mol. The second-order valence-corrected chi connectivity index (χ2v) is 16.2. The summed E-state index contributed by atoms with van der Waals surface area (Å²) in [6.45, 7) is 10.7. The predicted molar refractivity (Wildman–Crippen MR) is 206 cm³/mol. The number of aliphatic hydroxyl groups is 1. The number of aryl methyl sites for hydroxylation is 1. The van der Waals surface area contributed by atoms with Gasteiger partial charge in [-0.2, -0.15) is 5.26 Å². The second-order valence-electron chi connectivity index (χ2n) is 15.0. The first kappa shape index (κ1) is 43.4. The second kappa shape index (κ2) is 21.1. The molecule has 3 amide bonds. The molecule has 1 saturated heterocycles. The largest absolute Gasteiger partial charge is 0.491 e. The number of hydrogen-bond donors (Lipinski definition) is 3. The van der Waals surface area contributed by atoms with Gasteiger partial charge in [-0.1, -0.05) is 45.7 Å². The number of halogens is 1. The molecule has 1 aliphatic heterocycles. The Kier molecular flexibility index (Phi) is 17.0. The zero-order valence-electron chi connectivity index (χ0n) is 32.0. The minimum atomic E-state index is -1.11. The predicted octanol–water partition coefficient (Wildman–Crippen LogP) is 4.76. The van der Waals surface area contributed by atoms with E-state index >= 15 is 0 Å². The maximum Gasteiger partial charge on any atom is 0.246 e. The summed E-state index contributed by atoms with van der Waals surface area (Å²) >= 11 is 7.22. The van der Waals surface area contributed by atoms with Gasteiger partial charge in [-0.3, -0.25) is 14.4 Å². The zero-order valence-corrected chi connectivity index (χ0v) is 33.6. The maximum absolute atomic E-state index is 13.9. The number of carbonyl (C=O) groups is 3. The van der Waals surface area contributed by atoms with Gasteiger partial charge in [-0.15, -0.1) is 22.9 Å². The van der Waals surface area contributed by atoms with Crippen molar-refractivity contribution in [2.45, 2.75) is 97.4 Å². The van der Waals surface area contributed by atoms with Crippen molar-refractivity contribution in [3.05, 3.63) is 35.0 Å². The van der Waals surface area contributed by atoms with Crippen molar-refractivity contribution in [3.63, 3.8) is 0 Å². The molecule has 0 bridgehead atoms. The molecule has 1 aliphatic carbocycles. The van der Waals surface area contributed by atoms with E-state index in [4.69, 9.17) is 30.5 Å². The van der Waals surface area contributed by atoms with E-state index in [1.807, 2.05) is 45.9 Å². The van der Waals surface area contributed by atoms with Gasteiger partial charge >= 0.3 is 0 Å². The molecule has 1 saturated carbocycles. The molecule has 298 valence electrons. The summed E-state index contributed by atoms with van der Waals surface area (Å²) in [5.41, 5.74) is 2.52. The van der Waals surface area contributed by atoms with Gasteiger partial charge in [0.15, 0.2) is 0 Å². The first-order chi connectivity index (χ1) is 25.9. The number of hydrogen-bond acceptors (Lipinski definition) is 11. The highest BCUT2D eigenvalue weighted by Gasteiger charge is 2.53. The fourth-order valence-electron chi connectivity index (χ4n) is 6.16. The van der Waals surface area contributed by atoms with Crippen LogP contribution < -0.4 is 15.4 Å². The summed E-state index contributed by atoms with van der Waals surface area (Å²) in [7, 11) is 0. The number of nitriles is 1. The fraction of sp³-hybridized carbons (Fsp3) is 0.667. The van der Waals surface area contributed by atoms with E-state index in [9.17, 15) is 24.8 Å². The number of alkyl halides is 1. The lowest BCUT2D eigenvalue weighted by molar-refractivity contribution is -0.144. The number of β-amino-alcohol motifs (C(OH)–C–C–N with tert-alkyl or cyclic N) is 1. The molecule has 1 aromatic carbocycles. The number of unbranched alkanes of at least 4 members (excludes halogenated alkanes) is 3. The van der Waals surface area contributed by atoms with Crippen LogP contribution in [0.25, 0.3) is 10.4 Å². The van der Waals surface area contributed by atoms with Crippen LogP contribution in [0, 0.1) is 29.1 Å². The number of aromatic nitrogens is 1. The van der Waals surface area contributed by atoms with Gasteiger partial charge in [0.25, 0.3) is 0 Å². The van der Waals surface area contributed by atoms with Gasteiger partial charge in [0.05, 0.1) is 61.3 Å². The van der Waals surface area contributed by atoms with Crippen LogP contribution in [-0.4, -0.2) is 110 Å². The highest BCUT2D eigenvalue weighted by molar-refractivity contribution is 7.13. The van der Waals surface area contributed by atoms with Crippen molar-refractivity contribution in [2.24, 2.45) is 10.8 Å². The van der Waals surface area contributed by atoms with Crippen LogP contribution in [0.2, 0.25) is 0 Å². The van der Waals surface area contributed by atoms with Gasteiger partial charge in [-0.25, -0.2) is 4.98 Å². The molecule has 13 nitrogen and oxygen atoms in total. The van der Waals surface area contributed by atoms with Crippen molar-refractivity contribution in [3.8, 4) is 22.3 Å². The highest BCUT2D eigenvalue weighted by atomic mass is 35.5. The molecule has 0 spiro atoms. The third-order valence-corrected chi connectivity index (χ3v) is 10.8. The Morgan fingerprint density at radius 2 is 1.72 bits per heavy atom. The Hall–Kier alpha value is -3.32. The molecular formula is C39H56ClN5O8S. The number of rotatable bonds is 23. The number of likely N-dealkylation sites (tertiary alicyclic amines) is 1. The number of thiazole rings is 1. The lowest BCUT2D eigenvalue weighted by atomic mass is 9.85. The number of nitrogens with one attached hydrogen (secondary N) is 2. The Labute approximate surface area is 328 Å². The van der Waals surface area contributed by atoms with Crippen LogP contribution in [-0.2, 0) is 35.1 Å². The van der Waals surface area contributed by atoms with E-state index in [2.05, 4.69) is 21.7 Å². The van der Waals surface area contributed by atoms with Crippen LogP contribution >= 0.6 is 22.9 Å². The van der Waals surface area contributed by atoms with Crippen molar-refractivity contribution >= 4 is 40.7 Å². The summed E-state index contributed by atoms with van der Waals surface area (Å²) in [5.74, 6) is -0.110. The molecule has 15 heteroatoms. The molecule has 0 radical (unpaired) electrons. The lowest BCUT2D eigenvalue weighted by Crippen LogP contribution is -2.58. The van der Waals surface area contributed by atoms with Crippen LogP contribution in [0.15, 0.2) is 23.7 Å². The van der Waals surface area contributed by atoms with Crippen LogP contribution in [0.5, 0.6) is 5.75 Å². The first-order valence-corrected chi connectivity index (χ1v) is 20.3. The molecule has 4 rings (SSSR count). The quantitative estimate of drug-likeness (QED) is 0.105. The lowest BCUT2D eigenvalue weighted by Gasteiger charge is -2.35. The van der Waals surface area contributed by atoms with E-state index in [-0.39, 0.29) is 26.1 Å². The van der Waals surface area contributed by atoms with E-state index in [0.717, 1.165) is 54.0 Å². The molecule has 2 aliphatic rings. The van der Waals surface area contributed by atoms with Crippen LogP contribution in [0.4, 0.5) is 0 Å². The molecule has 3 atom stereocenters. The molecule has 3 N–H and O–H groups in total. The van der Waals surface area contributed by atoms with Crippen LogP contribution in [0.1, 0.15) is 77.0 Å². The molecule has 54 heavy (non-hydrogen) atoms. The van der Waals surface area contributed by atoms with Gasteiger partial charge < -0.3 is 39.6 Å². The van der Waals surface area contributed by atoms with Gasteiger partial charge in [0.2, 0.25) is 17.7 Å². The smallest absolute Gasteiger partial charge is 0.246 e. The zero-order chi connectivity index (χ0) is 39.1. The van der Waals surface area contributed by atoms with Crippen molar-refractivity contribution < 1.29 is 38.4 Å². The van der Waals surface area contributed by atoms with Crippen molar-refractivity contribution in [2.75, 3.05) is 58.7 Å². The number of aliphatic hydroxyl groups excluding tert-OH is 1. The fourth-order valence-corrected chi connectivity index (χ4v) is 7.16. The SMILES string of the molecule is Cc1ncsc1-c1ccc(CNC(=O)[C@@H]2C[C@@H](O)CN2C(=O)[C@@H](NC(=O)C2(C#N)CC2)C(C)(C)C)c(OCCOCCOCCOCCCCCCCl)c1. The number of ether oxygens (including phenoxy) is 4. The monoisotopic (exact) mass is 789 g/mol. The van der Waals surface area contributed by atoms with Gasteiger partial charge in [-0.05, 0) is 49.7 Å². The number of nitrogens with zero attached hydrogens (tertiary/aromatic N) is 3. The summed E-state index contributed by atoms with van der Waals surface area (Å²) in [6.07, 6.45) is 4.35. The van der Waals surface area contributed by atoms with Crippen molar-refractivity contribution in [1.29, 1.82) is 5.26 Å². The number of amides is 3. The third-order valence-electron chi connectivity index (χ3n) is 9.58. The van der Waals surface area contributed by atoms with E-state index in [1.54, 1.807) is 5.51 Å². The van der Waals surface area contributed by atoms with Gasteiger partial charge in [0, 0.05) is 37.6 Å². The first-order valence-electron chi connectivity index (χ1n) is 18.8. The Morgan fingerprint density at radius 1 is 1.06 bits per heavy atom. The summed E-state index contributed by atoms with van der Waals surface area (Å²) in [6, 6.07) is 5.89. The molecule has 2 aromatic rings. The average Bonchev–Trinajstić information content (AvgIpc) is 3.68. The van der Waals surface area contributed by atoms with Crippen molar-refractivity contribution in [1.82, 2.24) is 20.5 Å². The minimum Gasteiger partial charge on any atom is -0.491 e. The Balaban J connectivity index is 1.30. The van der Waals surface area contributed by atoms with Crippen LogP contribution in [0.3, 0.4) is 0 Å². The molecule has 0 unspecified atom stereocenters. The molecular weight excluding hydrogens is 734 g/mol. The number of carbonyl (C=O) groups excluding carboxylic acids is 3. The topological polar surface area (TPSA) is 172 Å². The summed E-state index contributed by atoms with van der Waals surface area (Å²) in [5, 5.41) is 25.8.